The molecular formula is C38H43Cl2FN2O7. The van der Waals surface area contributed by atoms with Gasteiger partial charge < -0.3 is 30.0 Å². The van der Waals surface area contributed by atoms with E-state index in [1.807, 2.05) is 30.3 Å². The Morgan fingerprint density at radius 2 is 1.72 bits per heavy atom. The molecule has 9 nitrogen and oxygen atoms in total. The van der Waals surface area contributed by atoms with Crippen LogP contribution in [0.3, 0.4) is 0 Å². The number of nitrogens with zero attached hydrogens (tertiary/aromatic N) is 1. The molecule has 3 N–H and O–H groups in total. The molecule has 0 aromatic heterocycles. The third kappa shape index (κ3) is 8.89. The molecule has 2 atom stereocenters. The number of hydrogen-bond acceptors (Lipinski definition) is 6. The summed E-state index contributed by atoms with van der Waals surface area (Å²) in [6, 6.07) is 15.0. The fraction of sp³-hybridized carbons (Fsp3) is 0.447. The molecule has 0 bridgehead atoms. The summed E-state index contributed by atoms with van der Waals surface area (Å²) in [5.74, 6) is -3.64. The van der Waals surface area contributed by atoms with Gasteiger partial charge in [-0.3, -0.25) is 9.59 Å². The van der Waals surface area contributed by atoms with Crippen LogP contribution in [0.4, 0.5) is 9.18 Å². The number of carbonyl (C=O) groups excluding carboxylic acids is 2. The van der Waals surface area contributed by atoms with Crippen molar-refractivity contribution < 1.29 is 38.1 Å². The molecule has 268 valence electrons. The van der Waals surface area contributed by atoms with E-state index in [1.165, 1.54) is 18.2 Å². The highest BCUT2D eigenvalue weighted by molar-refractivity contribution is 6.37. The molecule has 3 aromatic carbocycles. The van der Waals surface area contributed by atoms with Crippen LogP contribution in [0.2, 0.25) is 10.0 Å². The summed E-state index contributed by atoms with van der Waals surface area (Å²) in [6.07, 6.45) is 2.76. The van der Waals surface area contributed by atoms with Gasteiger partial charge >= 0.3 is 12.1 Å². The average molecular weight is 730 g/mol. The fourth-order valence-corrected chi connectivity index (χ4v) is 7.32. The Bertz CT molecular complexity index is 1700. The van der Waals surface area contributed by atoms with Crippen LogP contribution in [0.5, 0.6) is 5.75 Å². The van der Waals surface area contributed by atoms with E-state index in [4.69, 9.17) is 43.1 Å². The summed E-state index contributed by atoms with van der Waals surface area (Å²) >= 11 is 13.7. The van der Waals surface area contributed by atoms with E-state index >= 15 is 4.39 Å². The standard InChI is InChI=1S/C38H43Cl2FN2O7/c1-38(2,3)50-37(47)43(24-13-11-23(12-14-24)36(45)46)20-29(22-8-5-4-6-9-22)27-18-28(31(40)19-30(27)39)33-26(35(42)44)15-16-32(34(33)41)49-21-25-10-7-17-48-25/h4-6,8-9,15-16,18-19,23-25,29H,7,10-14,17,20-21H2,1-3H3,(H2,42,44)(H,45,46)/t23?,24?,25-,29?/m0/s1. The van der Waals surface area contributed by atoms with Crippen LogP contribution in [0.1, 0.15) is 86.7 Å². The maximum absolute atomic E-state index is 16.4. The third-order valence-corrected chi connectivity index (χ3v) is 9.89. The fourth-order valence-electron chi connectivity index (χ4n) is 6.71. The minimum absolute atomic E-state index is 0.0826. The zero-order valence-electron chi connectivity index (χ0n) is 28.4. The number of halogens is 3. The van der Waals surface area contributed by atoms with Gasteiger partial charge in [-0.25, -0.2) is 9.18 Å². The Morgan fingerprint density at radius 3 is 2.32 bits per heavy atom. The highest BCUT2D eigenvalue weighted by Crippen LogP contribution is 2.43. The van der Waals surface area contributed by atoms with E-state index in [0.29, 0.717) is 37.9 Å². The minimum atomic E-state index is -0.857. The Kier molecular flexibility index (Phi) is 12.0. The number of benzene rings is 3. The van der Waals surface area contributed by atoms with Crippen molar-refractivity contribution in [2.45, 2.75) is 83.0 Å². The summed E-state index contributed by atoms with van der Waals surface area (Å²) in [6.45, 7) is 6.21. The molecule has 50 heavy (non-hydrogen) atoms. The van der Waals surface area contributed by atoms with Gasteiger partial charge in [0.25, 0.3) is 0 Å². The topological polar surface area (TPSA) is 128 Å². The molecule has 2 amide bonds. The summed E-state index contributed by atoms with van der Waals surface area (Å²) in [4.78, 5) is 39.9. The SMILES string of the molecule is CC(C)(C)OC(=O)N(CC(c1ccccc1)c1cc(-c2c(C(N)=O)ccc(OC[C@@H]3CCCO3)c2F)c(Cl)cc1Cl)C1CCC(C(=O)O)CC1. The summed E-state index contributed by atoms with van der Waals surface area (Å²) in [7, 11) is 0. The number of carboxylic acid groups (broad SMARTS) is 1. The number of carbonyl (C=O) groups is 3. The van der Waals surface area contributed by atoms with Gasteiger partial charge in [0.1, 0.15) is 12.2 Å². The van der Waals surface area contributed by atoms with E-state index in [-0.39, 0.29) is 57.8 Å². The van der Waals surface area contributed by atoms with Gasteiger partial charge in [0.05, 0.1) is 22.6 Å². The van der Waals surface area contributed by atoms with Crippen LogP contribution >= 0.6 is 23.2 Å². The lowest BCUT2D eigenvalue weighted by atomic mass is 9.84. The number of nitrogens with two attached hydrogens (primary N) is 1. The van der Waals surface area contributed by atoms with Gasteiger partial charge in [-0.05, 0) is 94.7 Å². The normalized spacial score (nSPS) is 19.8. The number of primary amides is 1. The third-order valence-electron chi connectivity index (χ3n) is 9.25. The number of carboxylic acids is 1. The van der Waals surface area contributed by atoms with Gasteiger partial charge in [-0.2, -0.15) is 0 Å². The van der Waals surface area contributed by atoms with Gasteiger partial charge in [0.2, 0.25) is 5.91 Å². The zero-order chi connectivity index (χ0) is 36.2. The van der Waals surface area contributed by atoms with Crippen molar-refractivity contribution in [1.29, 1.82) is 0 Å². The van der Waals surface area contributed by atoms with E-state index in [0.717, 1.165) is 18.4 Å². The summed E-state index contributed by atoms with van der Waals surface area (Å²) in [5.41, 5.74) is 6.22. The molecule has 2 fully saturated rings. The Labute approximate surface area is 301 Å². The lowest BCUT2D eigenvalue weighted by molar-refractivity contribution is -0.143. The van der Waals surface area contributed by atoms with Gasteiger partial charge in [-0.15, -0.1) is 0 Å². The van der Waals surface area contributed by atoms with Crippen molar-refractivity contribution in [2.75, 3.05) is 19.8 Å². The number of ether oxygens (including phenoxy) is 3. The molecule has 3 aromatic rings. The Balaban J connectivity index is 1.60. The first kappa shape index (κ1) is 37.4. The molecule has 1 saturated carbocycles. The van der Waals surface area contributed by atoms with Crippen LogP contribution in [-0.2, 0) is 14.3 Å². The molecular weight excluding hydrogens is 686 g/mol. The maximum Gasteiger partial charge on any atom is 0.410 e. The molecule has 2 aliphatic rings. The van der Waals surface area contributed by atoms with Crippen LogP contribution in [0.15, 0.2) is 54.6 Å². The van der Waals surface area contributed by atoms with E-state index in [2.05, 4.69) is 0 Å². The molecule has 1 aliphatic heterocycles. The Morgan fingerprint density at radius 1 is 1.02 bits per heavy atom. The van der Waals surface area contributed by atoms with Crippen molar-refractivity contribution in [3.8, 4) is 16.9 Å². The van der Waals surface area contributed by atoms with Gasteiger partial charge in [-0.1, -0.05) is 53.5 Å². The first-order chi connectivity index (χ1) is 23.7. The lowest BCUT2D eigenvalue weighted by Crippen LogP contribution is -2.47. The van der Waals surface area contributed by atoms with Gasteiger partial charge in [0, 0.05) is 41.3 Å². The van der Waals surface area contributed by atoms with Crippen molar-refractivity contribution in [3.05, 3.63) is 87.2 Å². The molecule has 1 aliphatic carbocycles. The maximum atomic E-state index is 16.4. The quantitative estimate of drug-likeness (QED) is 0.203. The Hall–Kier alpha value is -3.86. The largest absolute Gasteiger partial charge is 0.488 e. The van der Waals surface area contributed by atoms with Crippen LogP contribution in [-0.4, -0.2) is 65.5 Å². The number of aliphatic carboxylic acids is 1. The zero-order valence-corrected chi connectivity index (χ0v) is 29.9. The monoisotopic (exact) mass is 728 g/mol. The number of hydrogen-bond donors (Lipinski definition) is 2. The molecule has 1 saturated heterocycles. The van der Waals surface area contributed by atoms with Crippen LogP contribution < -0.4 is 10.5 Å². The van der Waals surface area contributed by atoms with Crippen molar-refractivity contribution in [3.63, 3.8) is 0 Å². The first-order valence-corrected chi connectivity index (χ1v) is 17.6. The lowest BCUT2D eigenvalue weighted by Gasteiger charge is -2.39. The summed E-state index contributed by atoms with van der Waals surface area (Å²) in [5, 5.41) is 9.96. The average Bonchev–Trinajstić information content (AvgIpc) is 3.59. The molecule has 5 rings (SSSR count). The van der Waals surface area contributed by atoms with Crippen LogP contribution in [0, 0.1) is 11.7 Å². The van der Waals surface area contributed by atoms with Crippen molar-refractivity contribution in [2.24, 2.45) is 11.7 Å². The van der Waals surface area contributed by atoms with Crippen molar-refractivity contribution >= 4 is 41.2 Å². The molecule has 1 unspecified atom stereocenters. The second-order valence-corrected chi connectivity index (χ2v) is 14.7. The van der Waals surface area contributed by atoms with E-state index in [1.54, 1.807) is 31.7 Å². The first-order valence-electron chi connectivity index (χ1n) is 16.9. The molecule has 0 radical (unpaired) electrons. The molecule has 0 spiro atoms. The smallest absolute Gasteiger partial charge is 0.410 e. The highest BCUT2D eigenvalue weighted by Gasteiger charge is 2.36. The van der Waals surface area contributed by atoms with Crippen LogP contribution in [0.25, 0.3) is 11.1 Å². The predicted octanol–water partition coefficient (Wildman–Crippen LogP) is 8.47. The number of amides is 2. The molecule has 12 heteroatoms. The summed E-state index contributed by atoms with van der Waals surface area (Å²) < 4.78 is 33.7. The number of rotatable bonds is 11. The second-order valence-electron chi connectivity index (χ2n) is 13.9. The predicted molar refractivity (Wildman–Crippen MR) is 189 cm³/mol. The second kappa shape index (κ2) is 16.0. The van der Waals surface area contributed by atoms with E-state index in [9.17, 15) is 19.5 Å². The van der Waals surface area contributed by atoms with E-state index < -0.39 is 41.2 Å². The molecule has 1 heterocycles. The van der Waals surface area contributed by atoms with Crippen molar-refractivity contribution in [1.82, 2.24) is 4.90 Å². The van der Waals surface area contributed by atoms with Gasteiger partial charge in [0.15, 0.2) is 11.6 Å². The minimum Gasteiger partial charge on any atom is -0.488 e. The highest BCUT2D eigenvalue weighted by atomic mass is 35.5.